The summed E-state index contributed by atoms with van der Waals surface area (Å²) in [5.41, 5.74) is 1.72. The highest BCUT2D eigenvalue weighted by molar-refractivity contribution is 5.35. The Labute approximate surface area is 100 Å². The van der Waals surface area contributed by atoms with Crippen molar-refractivity contribution in [3.63, 3.8) is 0 Å². The van der Waals surface area contributed by atoms with Crippen LogP contribution in [0.2, 0.25) is 0 Å². The summed E-state index contributed by atoms with van der Waals surface area (Å²) >= 11 is 0. The Bertz CT molecular complexity index is 301. The van der Waals surface area contributed by atoms with Crippen molar-refractivity contribution in [2.75, 3.05) is 26.4 Å². The standard InChI is InChI=1S/C12H20O5/c13-5-1-9-10(2-6-14)12(4-8-16)17-11(9)3-7-15/h13-16H,1-8H2. The molecule has 0 unspecified atom stereocenters. The molecule has 0 saturated carbocycles. The molecule has 0 aliphatic carbocycles. The molecular weight excluding hydrogens is 224 g/mol. The second kappa shape index (κ2) is 7.45. The van der Waals surface area contributed by atoms with Crippen LogP contribution in [0.3, 0.4) is 0 Å². The Morgan fingerprint density at radius 3 is 1.24 bits per heavy atom. The van der Waals surface area contributed by atoms with Gasteiger partial charge in [-0.2, -0.15) is 0 Å². The number of hydrogen-bond acceptors (Lipinski definition) is 5. The number of aliphatic hydroxyl groups excluding tert-OH is 4. The van der Waals surface area contributed by atoms with Gasteiger partial charge in [0, 0.05) is 26.1 Å². The summed E-state index contributed by atoms with van der Waals surface area (Å²) in [5.74, 6) is 1.29. The predicted octanol–water partition coefficient (Wildman–Crippen LogP) is -0.581. The van der Waals surface area contributed by atoms with Gasteiger partial charge in [0.15, 0.2) is 0 Å². The Morgan fingerprint density at radius 1 is 0.588 bits per heavy atom. The third-order valence-corrected chi connectivity index (χ3v) is 2.69. The Hall–Kier alpha value is -0.880. The SMILES string of the molecule is OCCc1oc(CCO)c(CCO)c1CCO. The molecule has 5 heteroatoms. The quantitative estimate of drug-likeness (QED) is 0.491. The zero-order valence-corrected chi connectivity index (χ0v) is 9.85. The molecule has 0 saturated heterocycles. The van der Waals surface area contributed by atoms with Crippen LogP contribution < -0.4 is 0 Å². The van der Waals surface area contributed by atoms with E-state index in [0.717, 1.165) is 11.1 Å². The summed E-state index contributed by atoms with van der Waals surface area (Å²) in [6, 6.07) is 0. The van der Waals surface area contributed by atoms with Crippen molar-refractivity contribution in [1.82, 2.24) is 0 Å². The molecule has 0 atom stereocenters. The molecule has 0 amide bonds. The van der Waals surface area contributed by atoms with Gasteiger partial charge in [-0.1, -0.05) is 0 Å². The first kappa shape index (κ1) is 14.2. The van der Waals surface area contributed by atoms with E-state index in [-0.39, 0.29) is 26.4 Å². The van der Waals surface area contributed by atoms with Crippen LogP contribution in [-0.4, -0.2) is 46.9 Å². The average molecular weight is 244 g/mol. The normalized spacial score (nSPS) is 11.1. The van der Waals surface area contributed by atoms with E-state index in [2.05, 4.69) is 0 Å². The second-order valence-electron chi connectivity index (χ2n) is 3.80. The summed E-state index contributed by atoms with van der Waals surface area (Å²) in [5, 5.41) is 36.0. The maximum atomic E-state index is 9.03. The molecule has 5 nitrogen and oxygen atoms in total. The molecular formula is C12H20O5. The molecule has 0 radical (unpaired) electrons. The Balaban J connectivity index is 3.07. The van der Waals surface area contributed by atoms with Crippen LogP contribution in [0.1, 0.15) is 22.6 Å². The Morgan fingerprint density at radius 2 is 0.941 bits per heavy atom. The summed E-state index contributed by atoms with van der Waals surface area (Å²) in [4.78, 5) is 0. The number of rotatable bonds is 8. The maximum absolute atomic E-state index is 9.03. The molecule has 0 fully saturated rings. The molecule has 0 bridgehead atoms. The van der Waals surface area contributed by atoms with E-state index in [9.17, 15) is 0 Å². The first-order valence-corrected chi connectivity index (χ1v) is 5.84. The van der Waals surface area contributed by atoms with E-state index >= 15 is 0 Å². The number of aliphatic hydroxyl groups is 4. The molecule has 98 valence electrons. The second-order valence-corrected chi connectivity index (χ2v) is 3.80. The highest BCUT2D eigenvalue weighted by Crippen LogP contribution is 2.25. The van der Waals surface area contributed by atoms with Gasteiger partial charge >= 0.3 is 0 Å². The van der Waals surface area contributed by atoms with Crippen molar-refractivity contribution in [3.8, 4) is 0 Å². The average Bonchev–Trinajstić information content (AvgIpc) is 2.61. The molecule has 17 heavy (non-hydrogen) atoms. The van der Waals surface area contributed by atoms with Gasteiger partial charge in [0.2, 0.25) is 0 Å². The largest absolute Gasteiger partial charge is 0.465 e. The van der Waals surface area contributed by atoms with Crippen molar-refractivity contribution < 1.29 is 24.8 Å². The fourth-order valence-electron chi connectivity index (χ4n) is 2.02. The predicted molar refractivity (Wildman–Crippen MR) is 61.9 cm³/mol. The maximum Gasteiger partial charge on any atom is 0.110 e. The lowest BCUT2D eigenvalue weighted by atomic mass is 10.0. The number of furan rings is 1. The summed E-state index contributed by atoms with van der Waals surface area (Å²) in [6.07, 6.45) is 1.66. The van der Waals surface area contributed by atoms with Crippen LogP contribution >= 0.6 is 0 Å². The van der Waals surface area contributed by atoms with Gasteiger partial charge in [-0.3, -0.25) is 0 Å². The highest BCUT2D eigenvalue weighted by Gasteiger charge is 2.18. The minimum atomic E-state index is -0.0247. The lowest BCUT2D eigenvalue weighted by molar-refractivity contribution is 0.271. The smallest absolute Gasteiger partial charge is 0.110 e. The topological polar surface area (TPSA) is 94.1 Å². The number of hydrogen-bond donors (Lipinski definition) is 4. The van der Waals surface area contributed by atoms with Gasteiger partial charge < -0.3 is 24.8 Å². The van der Waals surface area contributed by atoms with Crippen LogP contribution in [0, 0.1) is 0 Å². The summed E-state index contributed by atoms with van der Waals surface area (Å²) < 4.78 is 5.59. The molecule has 0 aliphatic heterocycles. The third-order valence-electron chi connectivity index (χ3n) is 2.69. The Kier molecular flexibility index (Phi) is 6.21. The fraction of sp³-hybridized carbons (Fsp3) is 0.667. The van der Waals surface area contributed by atoms with Gasteiger partial charge in [0.25, 0.3) is 0 Å². The van der Waals surface area contributed by atoms with Crippen molar-refractivity contribution in [3.05, 3.63) is 22.6 Å². The molecule has 1 aromatic heterocycles. The molecule has 0 spiro atoms. The van der Waals surface area contributed by atoms with Gasteiger partial charge in [0.1, 0.15) is 11.5 Å². The van der Waals surface area contributed by atoms with Crippen LogP contribution in [0.5, 0.6) is 0 Å². The molecule has 0 aliphatic rings. The minimum Gasteiger partial charge on any atom is -0.465 e. The first-order chi connectivity index (χ1) is 8.28. The van der Waals surface area contributed by atoms with E-state index in [1.807, 2.05) is 0 Å². The van der Waals surface area contributed by atoms with Gasteiger partial charge in [0.05, 0.1) is 13.2 Å². The van der Waals surface area contributed by atoms with Crippen LogP contribution in [0.25, 0.3) is 0 Å². The molecule has 1 aromatic rings. The summed E-state index contributed by atoms with van der Waals surface area (Å²) in [6.45, 7) is -0.0595. The van der Waals surface area contributed by atoms with E-state index in [1.165, 1.54) is 0 Å². The fourth-order valence-corrected chi connectivity index (χ4v) is 2.02. The minimum absolute atomic E-state index is 0.00500. The van der Waals surface area contributed by atoms with E-state index in [1.54, 1.807) is 0 Å². The zero-order chi connectivity index (χ0) is 12.7. The lowest BCUT2D eigenvalue weighted by Gasteiger charge is -2.03. The van der Waals surface area contributed by atoms with E-state index < -0.39 is 0 Å². The first-order valence-electron chi connectivity index (χ1n) is 5.84. The van der Waals surface area contributed by atoms with Crippen molar-refractivity contribution in [2.45, 2.75) is 25.7 Å². The molecule has 1 heterocycles. The van der Waals surface area contributed by atoms with Crippen LogP contribution in [0.15, 0.2) is 4.42 Å². The van der Waals surface area contributed by atoms with E-state index in [0.29, 0.717) is 37.2 Å². The monoisotopic (exact) mass is 244 g/mol. The van der Waals surface area contributed by atoms with Crippen LogP contribution in [-0.2, 0) is 25.7 Å². The van der Waals surface area contributed by atoms with Crippen molar-refractivity contribution in [2.24, 2.45) is 0 Å². The van der Waals surface area contributed by atoms with Gasteiger partial charge in [-0.15, -0.1) is 0 Å². The van der Waals surface area contributed by atoms with Crippen molar-refractivity contribution >= 4 is 0 Å². The molecule has 4 N–H and O–H groups in total. The molecule has 1 rings (SSSR count). The van der Waals surface area contributed by atoms with Gasteiger partial charge in [-0.25, -0.2) is 0 Å². The van der Waals surface area contributed by atoms with Gasteiger partial charge in [-0.05, 0) is 24.0 Å². The van der Waals surface area contributed by atoms with Crippen molar-refractivity contribution in [1.29, 1.82) is 0 Å². The molecule has 0 aromatic carbocycles. The summed E-state index contributed by atoms with van der Waals surface area (Å²) in [7, 11) is 0. The lowest BCUT2D eigenvalue weighted by Crippen LogP contribution is -2.03. The highest BCUT2D eigenvalue weighted by atomic mass is 16.3. The van der Waals surface area contributed by atoms with Crippen LogP contribution in [0.4, 0.5) is 0 Å². The van der Waals surface area contributed by atoms with E-state index in [4.69, 9.17) is 24.8 Å². The zero-order valence-electron chi connectivity index (χ0n) is 9.85. The third kappa shape index (κ3) is 3.54.